The van der Waals surface area contributed by atoms with Crippen LogP contribution in [0.4, 0.5) is 9.52 Å². The van der Waals surface area contributed by atoms with E-state index in [1.54, 1.807) is 23.5 Å². The molecule has 2 aliphatic heterocycles. The number of anilines is 1. The summed E-state index contributed by atoms with van der Waals surface area (Å²) in [6, 6.07) is 7.15. The standard InChI is InChI=1S/C24H35FN4OS/c1-27(2)24-26-14-22(31-24)18-29(17-21-7-5-13-30-21)15-19-9-11-28(12-10-19)16-20-6-3-4-8-23(20)25/h3-4,6,8,14,19,21H,5,7,9-13,15-18H2,1-2H3. The van der Waals surface area contributed by atoms with Crippen molar-refractivity contribution in [1.82, 2.24) is 14.8 Å². The second-order valence-corrected chi connectivity index (χ2v) is 10.2. The lowest BCUT2D eigenvalue weighted by atomic mass is 9.95. The predicted molar refractivity (Wildman–Crippen MR) is 125 cm³/mol. The summed E-state index contributed by atoms with van der Waals surface area (Å²) in [5.41, 5.74) is 0.808. The quantitative estimate of drug-likeness (QED) is 0.575. The van der Waals surface area contributed by atoms with Crippen LogP contribution in [0.2, 0.25) is 0 Å². The molecular weight excluding hydrogens is 411 g/mol. The molecule has 0 bridgehead atoms. The fraction of sp³-hybridized carbons (Fsp3) is 0.625. The van der Waals surface area contributed by atoms with E-state index >= 15 is 0 Å². The van der Waals surface area contributed by atoms with Gasteiger partial charge in [-0.2, -0.15) is 0 Å². The molecule has 170 valence electrons. The molecule has 1 aromatic heterocycles. The minimum Gasteiger partial charge on any atom is -0.377 e. The molecule has 0 spiro atoms. The Bertz CT molecular complexity index is 815. The molecule has 3 heterocycles. The number of benzene rings is 1. The van der Waals surface area contributed by atoms with Crippen LogP contribution in [0.3, 0.4) is 0 Å². The third-order valence-electron chi connectivity index (χ3n) is 6.36. The normalized spacial score (nSPS) is 20.6. The zero-order valence-corrected chi connectivity index (χ0v) is 19.6. The summed E-state index contributed by atoms with van der Waals surface area (Å²) in [5.74, 6) is 0.591. The molecule has 1 unspecified atom stereocenters. The van der Waals surface area contributed by atoms with Crippen molar-refractivity contribution in [3.63, 3.8) is 0 Å². The monoisotopic (exact) mass is 446 g/mol. The van der Waals surface area contributed by atoms with Gasteiger partial charge in [0.25, 0.3) is 0 Å². The predicted octanol–water partition coefficient (Wildman–Crippen LogP) is 4.24. The Balaban J connectivity index is 1.31. The number of rotatable bonds is 9. The summed E-state index contributed by atoms with van der Waals surface area (Å²) in [4.78, 5) is 12.9. The smallest absolute Gasteiger partial charge is 0.185 e. The molecule has 0 N–H and O–H groups in total. The Morgan fingerprint density at radius 2 is 1.97 bits per heavy atom. The van der Waals surface area contributed by atoms with E-state index in [4.69, 9.17) is 4.74 Å². The fourth-order valence-corrected chi connectivity index (χ4v) is 5.51. The van der Waals surface area contributed by atoms with Gasteiger partial charge in [-0.3, -0.25) is 9.80 Å². The second kappa shape index (κ2) is 10.9. The Hall–Kier alpha value is -1.54. The lowest BCUT2D eigenvalue weighted by molar-refractivity contribution is 0.0573. The molecule has 2 aromatic rings. The van der Waals surface area contributed by atoms with Crippen LogP contribution in [-0.2, 0) is 17.8 Å². The van der Waals surface area contributed by atoms with Gasteiger partial charge in [0.1, 0.15) is 5.82 Å². The Labute approximate surface area is 189 Å². The number of likely N-dealkylation sites (tertiary alicyclic amines) is 1. The highest BCUT2D eigenvalue weighted by Gasteiger charge is 2.25. The molecule has 0 saturated carbocycles. The highest BCUT2D eigenvalue weighted by molar-refractivity contribution is 7.15. The molecule has 2 fully saturated rings. The SMILES string of the molecule is CN(C)c1ncc(CN(CC2CCN(Cc3ccccc3F)CC2)CC2CCCO2)s1. The molecule has 5 nitrogen and oxygen atoms in total. The van der Waals surface area contributed by atoms with Gasteiger partial charge in [0.05, 0.1) is 6.10 Å². The zero-order chi connectivity index (χ0) is 21.6. The lowest BCUT2D eigenvalue weighted by Crippen LogP contribution is -2.40. The zero-order valence-electron chi connectivity index (χ0n) is 18.8. The molecular formula is C24H35FN4OS. The van der Waals surface area contributed by atoms with Gasteiger partial charge in [0.15, 0.2) is 5.13 Å². The van der Waals surface area contributed by atoms with Gasteiger partial charge in [-0.05, 0) is 50.8 Å². The first-order valence-corrected chi connectivity index (χ1v) is 12.3. The van der Waals surface area contributed by atoms with E-state index in [0.29, 0.717) is 18.6 Å². The van der Waals surface area contributed by atoms with Gasteiger partial charge in [-0.15, -0.1) is 11.3 Å². The van der Waals surface area contributed by atoms with Crippen molar-refractivity contribution >= 4 is 16.5 Å². The van der Waals surface area contributed by atoms with Crippen LogP contribution in [0.5, 0.6) is 0 Å². The number of ether oxygens (including phenoxy) is 1. The van der Waals surface area contributed by atoms with E-state index < -0.39 is 0 Å². The number of aromatic nitrogens is 1. The minimum atomic E-state index is -0.0889. The Kier molecular flexibility index (Phi) is 7.93. The van der Waals surface area contributed by atoms with Crippen molar-refractivity contribution in [3.05, 3.63) is 46.7 Å². The molecule has 2 saturated heterocycles. The topological polar surface area (TPSA) is 31.8 Å². The molecule has 0 radical (unpaired) electrons. The van der Waals surface area contributed by atoms with E-state index in [2.05, 4.69) is 19.7 Å². The molecule has 4 rings (SSSR count). The van der Waals surface area contributed by atoms with Crippen LogP contribution < -0.4 is 4.90 Å². The summed E-state index contributed by atoms with van der Waals surface area (Å²) in [7, 11) is 4.09. The minimum absolute atomic E-state index is 0.0889. The summed E-state index contributed by atoms with van der Waals surface area (Å²) in [5, 5.41) is 1.06. The van der Waals surface area contributed by atoms with Crippen molar-refractivity contribution < 1.29 is 9.13 Å². The highest BCUT2D eigenvalue weighted by atomic mass is 32.1. The van der Waals surface area contributed by atoms with Gasteiger partial charge in [0, 0.05) is 63.5 Å². The van der Waals surface area contributed by atoms with Crippen molar-refractivity contribution in [1.29, 1.82) is 0 Å². The maximum atomic E-state index is 14.0. The number of piperidine rings is 1. The first-order chi connectivity index (χ1) is 15.1. The third kappa shape index (κ3) is 6.48. The second-order valence-electron chi connectivity index (χ2n) is 9.14. The van der Waals surface area contributed by atoms with Crippen LogP contribution in [0.25, 0.3) is 0 Å². The van der Waals surface area contributed by atoms with Gasteiger partial charge in [-0.25, -0.2) is 9.37 Å². The maximum absolute atomic E-state index is 14.0. The van der Waals surface area contributed by atoms with E-state index in [0.717, 1.165) is 50.0 Å². The lowest BCUT2D eigenvalue weighted by Gasteiger charge is -2.35. The van der Waals surface area contributed by atoms with Crippen LogP contribution in [-0.4, -0.2) is 67.8 Å². The van der Waals surface area contributed by atoms with Gasteiger partial charge < -0.3 is 9.64 Å². The molecule has 2 aliphatic rings. The average Bonchev–Trinajstić information content (AvgIpc) is 3.43. The van der Waals surface area contributed by atoms with Crippen molar-refractivity contribution in [2.75, 3.05) is 51.8 Å². The number of thiazole rings is 1. The summed E-state index contributed by atoms with van der Waals surface area (Å²) < 4.78 is 19.9. The first kappa shape index (κ1) is 22.6. The number of hydrogen-bond donors (Lipinski definition) is 0. The van der Waals surface area contributed by atoms with Crippen LogP contribution >= 0.6 is 11.3 Å². The molecule has 1 atom stereocenters. The molecule has 31 heavy (non-hydrogen) atoms. The van der Waals surface area contributed by atoms with E-state index in [1.165, 1.54) is 30.6 Å². The highest BCUT2D eigenvalue weighted by Crippen LogP contribution is 2.26. The Morgan fingerprint density at radius 1 is 1.16 bits per heavy atom. The van der Waals surface area contributed by atoms with Crippen LogP contribution in [0.15, 0.2) is 30.5 Å². The van der Waals surface area contributed by atoms with E-state index in [1.807, 2.05) is 32.4 Å². The van der Waals surface area contributed by atoms with Crippen molar-refractivity contribution in [2.45, 2.75) is 44.9 Å². The number of nitrogens with zero attached hydrogens (tertiary/aromatic N) is 4. The Morgan fingerprint density at radius 3 is 2.65 bits per heavy atom. The van der Waals surface area contributed by atoms with Crippen molar-refractivity contribution in [3.8, 4) is 0 Å². The van der Waals surface area contributed by atoms with Crippen LogP contribution in [0.1, 0.15) is 36.1 Å². The molecule has 0 amide bonds. The molecule has 7 heteroatoms. The van der Waals surface area contributed by atoms with Crippen molar-refractivity contribution in [2.24, 2.45) is 5.92 Å². The largest absolute Gasteiger partial charge is 0.377 e. The van der Waals surface area contributed by atoms with Crippen LogP contribution in [0, 0.1) is 11.7 Å². The summed E-state index contributed by atoms with van der Waals surface area (Å²) in [6.45, 7) is 6.75. The van der Waals surface area contributed by atoms with Gasteiger partial charge in [0.2, 0.25) is 0 Å². The maximum Gasteiger partial charge on any atom is 0.185 e. The van der Waals surface area contributed by atoms with Gasteiger partial charge >= 0.3 is 0 Å². The average molecular weight is 447 g/mol. The summed E-state index contributed by atoms with van der Waals surface area (Å²) >= 11 is 1.78. The molecule has 0 aliphatic carbocycles. The van der Waals surface area contributed by atoms with E-state index in [9.17, 15) is 4.39 Å². The van der Waals surface area contributed by atoms with Gasteiger partial charge in [-0.1, -0.05) is 18.2 Å². The number of hydrogen-bond acceptors (Lipinski definition) is 6. The first-order valence-electron chi connectivity index (χ1n) is 11.5. The van der Waals surface area contributed by atoms with E-state index in [-0.39, 0.29) is 5.82 Å². The number of halogens is 1. The fourth-order valence-electron chi connectivity index (χ4n) is 4.64. The summed E-state index contributed by atoms with van der Waals surface area (Å²) in [6.07, 6.45) is 7.08. The molecule has 1 aromatic carbocycles. The third-order valence-corrected chi connectivity index (χ3v) is 7.51.